The maximum atomic E-state index is 12.3. The van der Waals surface area contributed by atoms with Crippen molar-refractivity contribution in [2.75, 3.05) is 6.61 Å². The molecule has 4 nitrogen and oxygen atoms in total. The minimum atomic E-state index is -1.31. The van der Waals surface area contributed by atoms with Crippen molar-refractivity contribution in [3.8, 4) is 0 Å². The van der Waals surface area contributed by atoms with Gasteiger partial charge in [-0.05, 0) is 54.9 Å². The normalized spacial score (nSPS) is 31.3. The molecule has 1 amide bonds. The molecule has 2 aliphatic rings. The van der Waals surface area contributed by atoms with Gasteiger partial charge >= 0.3 is 0 Å². The van der Waals surface area contributed by atoms with Crippen LogP contribution in [0.25, 0.3) is 0 Å². The van der Waals surface area contributed by atoms with E-state index in [1.54, 1.807) is 6.07 Å². The van der Waals surface area contributed by atoms with E-state index in [-0.39, 0.29) is 18.6 Å². The molecular weight excluding hydrogens is 325 g/mol. The maximum Gasteiger partial charge on any atom is 0.253 e. The van der Waals surface area contributed by atoms with Crippen LogP contribution in [0, 0.1) is 17.8 Å². The van der Waals surface area contributed by atoms with Crippen LogP contribution in [-0.4, -0.2) is 28.8 Å². The number of amides is 1. The van der Waals surface area contributed by atoms with Gasteiger partial charge in [0, 0.05) is 28.6 Å². The van der Waals surface area contributed by atoms with Gasteiger partial charge in [0.25, 0.3) is 5.91 Å². The third-order valence-corrected chi connectivity index (χ3v) is 5.49. The molecule has 0 saturated heterocycles. The van der Waals surface area contributed by atoms with Gasteiger partial charge in [-0.3, -0.25) is 4.79 Å². The Morgan fingerprint density at radius 1 is 1.23 bits per heavy atom. The average Bonchev–Trinajstić information content (AvgIpc) is 3.06. The first kappa shape index (κ1) is 16.1. The molecule has 2 bridgehead atoms. The van der Waals surface area contributed by atoms with E-state index in [0.29, 0.717) is 27.4 Å². The van der Waals surface area contributed by atoms with Crippen LogP contribution in [0.5, 0.6) is 0 Å². The number of halogens is 2. The zero-order chi connectivity index (χ0) is 15.9. The van der Waals surface area contributed by atoms with Crippen LogP contribution < -0.4 is 5.32 Å². The van der Waals surface area contributed by atoms with E-state index >= 15 is 0 Å². The van der Waals surface area contributed by atoms with Crippen molar-refractivity contribution in [1.29, 1.82) is 0 Å². The lowest BCUT2D eigenvalue weighted by atomic mass is 9.85. The molecule has 1 aromatic rings. The summed E-state index contributed by atoms with van der Waals surface area (Å²) in [7, 11) is 0. The number of carbonyl (C=O) groups is 1. The van der Waals surface area contributed by atoms with Gasteiger partial charge in [-0.15, -0.1) is 0 Å². The minimum absolute atomic E-state index is 0.0550. The summed E-state index contributed by atoms with van der Waals surface area (Å²) in [4.78, 5) is 12.3. The number of hydrogen-bond donors (Lipinski definition) is 3. The molecule has 5 atom stereocenters. The van der Waals surface area contributed by atoms with Crippen molar-refractivity contribution in [3.63, 3.8) is 0 Å². The van der Waals surface area contributed by atoms with Gasteiger partial charge in [-0.1, -0.05) is 23.2 Å². The van der Waals surface area contributed by atoms with Gasteiger partial charge in [-0.2, -0.15) is 0 Å². The van der Waals surface area contributed by atoms with Gasteiger partial charge < -0.3 is 15.5 Å². The number of hydrogen-bond acceptors (Lipinski definition) is 3. The molecule has 0 radical (unpaired) electrons. The Bertz CT molecular complexity index is 560. The predicted molar refractivity (Wildman–Crippen MR) is 84.8 cm³/mol. The quantitative estimate of drug-likeness (QED) is 0.786. The lowest BCUT2D eigenvalue weighted by Gasteiger charge is -2.31. The molecule has 5 unspecified atom stereocenters. The van der Waals surface area contributed by atoms with Gasteiger partial charge in [0.2, 0.25) is 0 Å². The van der Waals surface area contributed by atoms with E-state index < -0.39 is 12.0 Å². The molecular formula is C16H19Cl2NO3. The summed E-state index contributed by atoms with van der Waals surface area (Å²) < 4.78 is 0. The number of nitrogens with one attached hydrogen (secondary N) is 1. The second-order valence-corrected chi connectivity index (χ2v) is 7.19. The number of aliphatic hydroxyl groups is 2. The fourth-order valence-corrected chi connectivity index (χ4v) is 4.57. The first-order valence-electron chi connectivity index (χ1n) is 7.55. The van der Waals surface area contributed by atoms with Crippen molar-refractivity contribution >= 4 is 29.1 Å². The van der Waals surface area contributed by atoms with Gasteiger partial charge in [0.05, 0.1) is 0 Å². The number of fused-ring (bicyclic) bond motifs is 2. The molecule has 6 heteroatoms. The molecule has 22 heavy (non-hydrogen) atoms. The van der Waals surface area contributed by atoms with E-state index in [1.807, 2.05) is 0 Å². The number of benzene rings is 1. The molecule has 3 rings (SSSR count). The van der Waals surface area contributed by atoms with Crippen molar-refractivity contribution in [1.82, 2.24) is 5.32 Å². The Balaban J connectivity index is 1.71. The van der Waals surface area contributed by atoms with Gasteiger partial charge in [0.1, 0.15) is 0 Å². The Morgan fingerprint density at radius 2 is 1.86 bits per heavy atom. The first-order chi connectivity index (χ1) is 10.5. The van der Waals surface area contributed by atoms with Gasteiger partial charge in [-0.25, -0.2) is 0 Å². The van der Waals surface area contributed by atoms with Gasteiger partial charge in [0.15, 0.2) is 6.10 Å². The number of rotatable bonds is 4. The highest BCUT2D eigenvalue weighted by Crippen LogP contribution is 2.48. The van der Waals surface area contributed by atoms with Crippen LogP contribution in [0.4, 0.5) is 0 Å². The molecule has 0 aromatic heterocycles. The molecule has 3 N–H and O–H groups in total. The Morgan fingerprint density at radius 3 is 2.50 bits per heavy atom. The van der Waals surface area contributed by atoms with Crippen molar-refractivity contribution in [2.24, 2.45) is 17.8 Å². The molecule has 0 spiro atoms. The summed E-state index contributed by atoms with van der Waals surface area (Å²) in [6, 6.07) is 4.56. The summed E-state index contributed by atoms with van der Waals surface area (Å²) >= 11 is 11.8. The Labute approximate surface area is 139 Å². The monoisotopic (exact) mass is 343 g/mol. The molecule has 1 aromatic carbocycles. The number of carbonyl (C=O) groups excluding carboxylic acids is 1. The van der Waals surface area contributed by atoms with Crippen molar-refractivity contribution in [3.05, 3.63) is 33.8 Å². The first-order valence-corrected chi connectivity index (χ1v) is 8.30. The van der Waals surface area contributed by atoms with Crippen molar-refractivity contribution < 1.29 is 15.0 Å². The number of aliphatic hydroxyl groups excluding tert-OH is 2. The molecule has 0 aliphatic heterocycles. The second kappa shape index (κ2) is 6.36. The minimum Gasteiger partial charge on any atom is -0.396 e. The molecule has 2 aliphatic carbocycles. The average molecular weight is 344 g/mol. The van der Waals surface area contributed by atoms with Crippen LogP contribution >= 0.6 is 23.2 Å². The van der Waals surface area contributed by atoms with Crippen molar-refractivity contribution in [2.45, 2.75) is 31.4 Å². The van der Waals surface area contributed by atoms with Crippen LogP contribution in [0.2, 0.25) is 10.0 Å². The summed E-state index contributed by atoms with van der Waals surface area (Å²) in [5.41, 5.74) is 0.374. The molecule has 2 saturated carbocycles. The maximum absolute atomic E-state index is 12.3. The fraction of sp³-hybridized carbons (Fsp3) is 0.562. The second-order valence-electron chi connectivity index (χ2n) is 6.32. The Kier molecular flexibility index (Phi) is 4.64. The van der Waals surface area contributed by atoms with Crippen LogP contribution in [0.3, 0.4) is 0 Å². The van der Waals surface area contributed by atoms with E-state index in [4.69, 9.17) is 23.2 Å². The van der Waals surface area contributed by atoms with Crippen LogP contribution in [0.15, 0.2) is 18.2 Å². The third kappa shape index (κ3) is 2.98. The lowest BCUT2D eigenvalue weighted by Crippen LogP contribution is -2.46. The largest absolute Gasteiger partial charge is 0.396 e. The highest BCUT2D eigenvalue weighted by atomic mass is 35.5. The Hall–Kier alpha value is -0.810. The summed E-state index contributed by atoms with van der Waals surface area (Å²) in [6.07, 6.45) is 1.93. The summed E-state index contributed by atoms with van der Waals surface area (Å²) in [5, 5.41) is 23.5. The van der Waals surface area contributed by atoms with Crippen LogP contribution in [0.1, 0.15) is 30.9 Å². The zero-order valence-corrected chi connectivity index (χ0v) is 13.5. The summed E-state index contributed by atoms with van der Waals surface area (Å²) in [6.45, 7) is 0.0746. The zero-order valence-electron chi connectivity index (χ0n) is 12.0. The molecule has 120 valence electrons. The highest BCUT2D eigenvalue weighted by molar-refractivity contribution is 6.34. The molecule has 0 heterocycles. The predicted octanol–water partition coefficient (Wildman–Crippen LogP) is 2.55. The van der Waals surface area contributed by atoms with E-state index in [9.17, 15) is 15.0 Å². The third-order valence-electron chi connectivity index (χ3n) is 5.06. The topological polar surface area (TPSA) is 69.6 Å². The fourth-order valence-electron chi connectivity index (χ4n) is 4.03. The van der Waals surface area contributed by atoms with E-state index in [2.05, 4.69) is 5.32 Å². The standard InChI is InChI=1S/C16H19Cl2NO3/c17-11-4-10(5-12(18)6-11)15(21)16(22)19-14-9-2-1-8(3-9)13(14)7-20/h4-6,8-9,13-15,20-21H,1-3,7H2,(H,19,22). The molecule has 2 fully saturated rings. The highest BCUT2D eigenvalue weighted by Gasteiger charge is 2.48. The lowest BCUT2D eigenvalue weighted by molar-refractivity contribution is -0.131. The smallest absolute Gasteiger partial charge is 0.253 e. The van der Waals surface area contributed by atoms with E-state index in [0.717, 1.165) is 19.3 Å². The van der Waals surface area contributed by atoms with Crippen LogP contribution in [-0.2, 0) is 4.79 Å². The van der Waals surface area contributed by atoms with E-state index in [1.165, 1.54) is 12.1 Å². The summed E-state index contributed by atoms with van der Waals surface area (Å²) in [5.74, 6) is 0.520. The SMILES string of the molecule is O=C(NC1C2CCC(C2)C1CO)C(O)c1cc(Cl)cc(Cl)c1.